The lowest BCUT2D eigenvalue weighted by Gasteiger charge is -1.78. The molecule has 0 saturated heterocycles. The minimum Gasteiger partial charge on any atom is -0.201 e. The first-order valence-electron chi connectivity index (χ1n) is 2.40. The van der Waals surface area contributed by atoms with Crippen LogP contribution in [0, 0.1) is 11.3 Å². The molecule has 0 amide bonds. The zero-order chi connectivity index (χ0) is 6.53. The molecule has 3 heteroatoms. The Hall–Kier alpha value is -1.01. The molecular weight excluding hydrogens is 132 g/mol. The number of rotatable bonds is 0. The zero-order valence-electron chi connectivity index (χ0n) is 4.61. The molecule has 1 rings (SSSR count). The van der Waals surface area contributed by atoms with Gasteiger partial charge < -0.3 is 0 Å². The average molecular weight is 136 g/mol. The maximum absolute atomic E-state index is 8.34. The monoisotopic (exact) mass is 136 g/mol. The lowest BCUT2D eigenvalue weighted by Crippen LogP contribution is -1.82. The van der Waals surface area contributed by atoms with Crippen molar-refractivity contribution in [2.24, 2.45) is 4.40 Å². The van der Waals surface area contributed by atoms with Crippen molar-refractivity contribution in [2.45, 2.75) is 0 Å². The smallest absolute Gasteiger partial charge is 0.149 e. The predicted molar refractivity (Wildman–Crippen MR) is 38.9 cm³/mol. The fourth-order valence-corrected chi connectivity index (χ4v) is 0.840. The van der Waals surface area contributed by atoms with Crippen LogP contribution in [0.25, 0.3) is 0 Å². The van der Waals surface area contributed by atoms with Crippen LogP contribution < -0.4 is 0 Å². The molecule has 0 aromatic heterocycles. The summed E-state index contributed by atoms with van der Waals surface area (Å²) in [6, 6.07) is 1.95. The van der Waals surface area contributed by atoms with E-state index in [2.05, 4.69) is 4.40 Å². The van der Waals surface area contributed by atoms with Gasteiger partial charge in [-0.15, -0.1) is 0 Å². The predicted octanol–water partition coefficient (Wildman–Crippen LogP) is 1.68. The molecule has 1 heterocycles. The molecule has 0 unspecified atom stereocenters. The van der Waals surface area contributed by atoms with Crippen molar-refractivity contribution < 1.29 is 0 Å². The van der Waals surface area contributed by atoms with Gasteiger partial charge in [0.15, 0.2) is 0 Å². The van der Waals surface area contributed by atoms with E-state index < -0.39 is 0 Å². The zero-order valence-corrected chi connectivity index (χ0v) is 5.43. The number of hydrogen-bond donors (Lipinski definition) is 0. The Morgan fingerprint density at radius 3 is 3.22 bits per heavy atom. The topological polar surface area (TPSA) is 36.1 Å². The molecule has 9 heavy (non-hydrogen) atoms. The summed E-state index contributed by atoms with van der Waals surface area (Å²) >= 11 is 1.27. The van der Waals surface area contributed by atoms with E-state index in [1.54, 1.807) is 12.2 Å². The minimum absolute atomic E-state index is 0.463. The summed E-state index contributed by atoms with van der Waals surface area (Å²) in [6.07, 6.45) is 5.32. The van der Waals surface area contributed by atoms with Crippen molar-refractivity contribution in [2.75, 3.05) is 0 Å². The van der Waals surface area contributed by atoms with Gasteiger partial charge in [-0.25, -0.2) is 4.40 Å². The van der Waals surface area contributed by atoms with E-state index in [0.29, 0.717) is 5.71 Å². The molecule has 1 aliphatic heterocycles. The second kappa shape index (κ2) is 3.10. The Morgan fingerprint density at radius 2 is 2.44 bits per heavy atom. The SMILES string of the molecule is N#CC1=NSC=CC=C1. The fourth-order valence-electron chi connectivity index (χ4n) is 0.403. The summed E-state index contributed by atoms with van der Waals surface area (Å²) in [7, 11) is 0. The van der Waals surface area contributed by atoms with Crippen molar-refractivity contribution >= 4 is 17.7 Å². The molecule has 0 aromatic carbocycles. The molecule has 0 fully saturated rings. The minimum atomic E-state index is 0.463. The third kappa shape index (κ3) is 1.74. The lowest BCUT2D eigenvalue weighted by molar-refractivity contribution is 1.55. The van der Waals surface area contributed by atoms with Gasteiger partial charge in [0.2, 0.25) is 0 Å². The van der Waals surface area contributed by atoms with Crippen LogP contribution in [-0.2, 0) is 0 Å². The second-order valence-electron chi connectivity index (χ2n) is 1.38. The molecule has 0 radical (unpaired) electrons. The van der Waals surface area contributed by atoms with Crippen LogP contribution in [-0.4, -0.2) is 5.71 Å². The molecule has 0 atom stereocenters. The van der Waals surface area contributed by atoms with E-state index in [0.717, 1.165) is 0 Å². The largest absolute Gasteiger partial charge is 0.201 e. The number of allylic oxidation sites excluding steroid dienone is 3. The summed E-state index contributed by atoms with van der Waals surface area (Å²) in [4.78, 5) is 0. The highest BCUT2D eigenvalue weighted by molar-refractivity contribution is 8.01. The van der Waals surface area contributed by atoms with Crippen LogP contribution in [0.5, 0.6) is 0 Å². The van der Waals surface area contributed by atoms with Crippen molar-refractivity contribution in [1.82, 2.24) is 0 Å². The van der Waals surface area contributed by atoms with E-state index >= 15 is 0 Å². The van der Waals surface area contributed by atoms with Crippen molar-refractivity contribution in [3.8, 4) is 6.07 Å². The molecule has 0 N–H and O–H groups in total. The van der Waals surface area contributed by atoms with E-state index in [-0.39, 0.29) is 0 Å². The summed E-state index contributed by atoms with van der Waals surface area (Å²) in [6.45, 7) is 0. The van der Waals surface area contributed by atoms with E-state index in [9.17, 15) is 0 Å². The van der Waals surface area contributed by atoms with Crippen LogP contribution in [0.2, 0.25) is 0 Å². The summed E-state index contributed by atoms with van der Waals surface area (Å²) in [5.74, 6) is 0. The lowest BCUT2D eigenvalue weighted by atomic mass is 10.3. The quantitative estimate of drug-likeness (QED) is 0.475. The maximum atomic E-state index is 8.34. The maximum Gasteiger partial charge on any atom is 0.149 e. The number of hydrogen-bond acceptors (Lipinski definition) is 3. The average Bonchev–Trinajstić information content (AvgIpc) is 2.13. The van der Waals surface area contributed by atoms with E-state index in [1.165, 1.54) is 11.9 Å². The first kappa shape index (κ1) is 6.12. The Morgan fingerprint density at radius 1 is 1.56 bits per heavy atom. The summed E-state index contributed by atoms with van der Waals surface area (Å²) in [5, 5.41) is 10.2. The van der Waals surface area contributed by atoms with Gasteiger partial charge in [-0.1, -0.05) is 12.2 Å². The fraction of sp³-hybridized carbons (Fsp3) is 0. The highest BCUT2D eigenvalue weighted by Crippen LogP contribution is 2.07. The van der Waals surface area contributed by atoms with Crippen molar-refractivity contribution in [3.05, 3.63) is 23.6 Å². The van der Waals surface area contributed by atoms with Crippen LogP contribution in [0.15, 0.2) is 28.0 Å². The normalized spacial score (nSPS) is 16.1. The molecule has 0 aromatic rings. The van der Waals surface area contributed by atoms with Gasteiger partial charge in [-0.3, -0.25) is 0 Å². The van der Waals surface area contributed by atoms with Gasteiger partial charge in [0.05, 0.1) is 0 Å². The Kier molecular flexibility index (Phi) is 2.11. The Labute approximate surface area is 57.7 Å². The van der Waals surface area contributed by atoms with Gasteiger partial charge in [-0.2, -0.15) is 5.26 Å². The Bertz CT molecular complexity index is 220. The van der Waals surface area contributed by atoms with Gasteiger partial charge in [-0.05, 0) is 11.5 Å². The first-order chi connectivity index (χ1) is 4.43. The van der Waals surface area contributed by atoms with Crippen molar-refractivity contribution in [3.63, 3.8) is 0 Å². The molecular formula is C6H4N2S. The molecule has 0 spiro atoms. The highest BCUT2D eigenvalue weighted by Gasteiger charge is 1.89. The summed E-state index contributed by atoms with van der Waals surface area (Å²) < 4.78 is 3.84. The number of nitriles is 1. The molecule has 0 saturated carbocycles. The number of nitrogens with zero attached hydrogens (tertiary/aromatic N) is 2. The molecule has 2 nitrogen and oxygen atoms in total. The molecule has 1 aliphatic rings. The Balaban J connectivity index is 2.78. The van der Waals surface area contributed by atoms with Crippen LogP contribution in [0.1, 0.15) is 0 Å². The standard InChI is InChI=1S/C6H4N2S/c7-5-6-3-1-2-4-9-8-6/h1-4H. The third-order valence-corrected chi connectivity index (χ3v) is 1.35. The first-order valence-corrected chi connectivity index (χ1v) is 3.24. The molecule has 0 aliphatic carbocycles. The van der Waals surface area contributed by atoms with Gasteiger partial charge >= 0.3 is 0 Å². The highest BCUT2D eigenvalue weighted by atomic mass is 32.2. The van der Waals surface area contributed by atoms with Crippen LogP contribution >= 0.6 is 11.9 Å². The summed E-state index contributed by atoms with van der Waals surface area (Å²) in [5.41, 5.74) is 0.463. The van der Waals surface area contributed by atoms with Crippen LogP contribution in [0.3, 0.4) is 0 Å². The third-order valence-electron chi connectivity index (χ3n) is 0.770. The van der Waals surface area contributed by atoms with Crippen LogP contribution in [0.4, 0.5) is 0 Å². The van der Waals surface area contributed by atoms with Gasteiger partial charge in [0.1, 0.15) is 11.8 Å². The molecule has 44 valence electrons. The molecule has 0 bridgehead atoms. The van der Waals surface area contributed by atoms with E-state index in [1.807, 2.05) is 17.6 Å². The second-order valence-corrected chi connectivity index (χ2v) is 2.05. The van der Waals surface area contributed by atoms with Gasteiger partial charge in [0.25, 0.3) is 0 Å². The van der Waals surface area contributed by atoms with Crippen molar-refractivity contribution in [1.29, 1.82) is 5.26 Å². The van der Waals surface area contributed by atoms with Gasteiger partial charge in [0, 0.05) is 11.9 Å². The van der Waals surface area contributed by atoms with E-state index in [4.69, 9.17) is 5.26 Å².